The van der Waals surface area contributed by atoms with E-state index >= 15 is 0 Å². The lowest BCUT2D eigenvalue weighted by molar-refractivity contribution is -0.387. The molecule has 0 spiro atoms. The van der Waals surface area contributed by atoms with Crippen molar-refractivity contribution in [3.8, 4) is 0 Å². The van der Waals surface area contributed by atoms with Crippen LogP contribution in [0.15, 0.2) is 49.1 Å². The molecule has 0 aromatic carbocycles. The second kappa shape index (κ2) is 24.1. The maximum absolute atomic E-state index is 12.0. The quantitative estimate of drug-likeness (QED) is 0.0823. The molecule has 87 heavy (non-hydrogen) atoms. The van der Waals surface area contributed by atoms with Gasteiger partial charge >= 0.3 is 20.8 Å². The number of rotatable bonds is 14. The second-order valence-electron chi connectivity index (χ2n) is 27.8. The summed E-state index contributed by atoms with van der Waals surface area (Å²) in [6.07, 6.45) is -5.69. The zero-order chi connectivity index (χ0) is 62.1. The van der Waals surface area contributed by atoms with E-state index in [1.54, 1.807) is 25.2 Å². The average molecular weight is 1280 g/mol. The first-order chi connectivity index (χ1) is 40.9. The van der Waals surface area contributed by atoms with Crippen molar-refractivity contribution in [2.24, 2.45) is 5.92 Å². The Hall–Kier alpha value is -1.98. The SMILES string of the molecule is C=CCC(=C)C=CC(C)(O)C1OC2CC3OC4CC5OC6CC7OC8CC9OC%10CC%11OC(C)(CCOS(=O)(=O)O)C(OS(=O)(=O)O)CC%11OC%10CC9OC8CCC7(C)OC6(C)CCC(C)C5OC4C(OC4OC(CO)C(O)C4O)C3(C)OC2CC1=C. The van der Waals surface area contributed by atoms with Crippen molar-refractivity contribution in [3.05, 3.63) is 49.1 Å². The molecule has 12 heterocycles. The van der Waals surface area contributed by atoms with Gasteiger partial charge in [0, 0.05) is 51.4 Å². The van der Waals surface area contributed by atoms with Gasteiger partial charge in [-0.05, 0) is 84.6 Å². The zero-order valence-electron chi connectivity index (χ0n) is 50.4. The van der Waals surface area contributed by atoms with E-state index in [1.165, 1.54) is 6.92 Å². The van der Waals surface area contributed by atoms with E-state index in [9.17, 15) is 46.4 Å². The summed E-state index contributed by atoms with van der Waals surface area (Å²) in [6, 6.07) is 0. The smallest absolute Gasteiger partial charge is 0.394 e. The van der Waals surface area contributed by atoms with Crippen molar-refractivity contribution in [1.82, 2.24) is 0 Å². The summed E-state index contributed by atoms with van der Waals surface area (Å²) in [5.74, 6) is -0.0425. The molecule has 0 amide bonds. The van der Waals surface area contributed by atoms with Gasteiger partial charge in [0.2, 0.25) is 0 Å². The minimum atomic E-state index is -4.97. The molecule has 25 nitrogen and oxygen atoms in total. The summed E-state index contributed by atoms with van der Waals surface area (Å²) in [5, 5.41) is 44.2. The normalized spacial score (nSPS) is 51.3. The summed E-state index contributed by atoms with van der Waals surface area (Å²) in [4.78, 5) is 0. The van der Waals surface area contributed by atoms with Crippen molar-refractivity contribution >= 4 is 20.8 Å². The van der Waals surface area contributed by atoms with Gasteiger partial charge in [-0.1, -0.05) is 43.9 Å². The van der Waals surface area contributed by atoms with Crippen LogP contribution < -0.4 is 0 Å². The van der Waals surface area contributed by atoms with Gasteiger partial charge < -0.3 is 82.0 Å². The number of ether oxygens (including phenoxy) is 13. The molecule has 12 saturated heterocycles. The fourth-order valence-corrected chi connectivity index (χ4v) is 17.5. The van der Waals surface area contributed by atoms with Gasteiger partial charge in [-0.25, -0.2) is 8.37 Å². The van der Waals surface area contributed by atoms with E-state index in [0.717, 1.165) is 12.0 Å². The molecular formula is C60H90O25S2. The minimum absolute atomic E-state index is 0.0176. The van der Waals surface area contributed by atoms with Crippen molar-refractivity contribution in [2.45, 2.75) is 306 Å². The van der Waals surface area contributed by atoms with Gasteiger partial charge in [0.15, 0.2) is 6.29 Å². The van der Waals surface area contributed by atoms with Crippen LogP contribution in [-0.4, -0.2) is 234 Å². The Labute approximate surface area is 509 Å². The van der Waals surface area contributed by atoms with Gasteiger partial charge in [-0.15, -0.1) is 6.58 Å². The molecule has 6 N–H and O–H groups in total. The van der Waals surface area contributed by atoms with Crippen LogP contribution in [0.1, 0.15) is 131 Å². The van der Waals surface area contributed by atoms with Gasteiger partial charge in [0.05, 0.1) is 128 Å². The Kier molecular flexibility index (Phi) is 18.0. The molecule has 0 aliphatic carbocycles. The Morgan fingerprint density at radius 3 is 1.92 bits per heavy atom. The number of hydrogen-bond donors (Lipinski definition) is 6. The van der Waals surface area contributed by atoms with Gasteiger partial charge in [-0.3, -0.25) is 9.11 Å². The number of hydrogen-bond acceptors (Lipinski definition) is 23. The van der Waals surface area contributed by atoms with Crippen LogP contribution in [-0.2, 0) is 90.7 Å². The number of fused-ring (bicyclic) bond motifs is 10. The first-order valence-electron chi connectivity index (χ1n) is 31.1. The fraction of sp³-hybridized carbons (Fsp3) is 0.867. The average Bonchev–Trinajstić information content (AvgIpc) is 1.47. The third kappa shape index (κ3) is 12.8. The number of aliphatic hydroxyl groups excluding tert-OH is 3. The maximum atomic E-state index is 12.0. The molecule has 0 aromatic rings. The summed E-state index contributed by atoms with van der Waals surface area (Å²) >= 11 is 0. The molecule has 0 radical (unpaired) electrons. The first kappa shape index (κ1) is 65.1. The third-order valence-electron chi connectivity index (χ3n) is 21.4. The highest BCUT2D eigenvalue weighted by atomic mass is 32.3. The van der Waals surface area contributed by atoms with Crippen molar-refractivity contribution < 1.29 is 116 Å². The van der Waals surface area contributed by atoms with Crippen LogP contribution in [0.4, 0.5) is 0 Å². The molecule has 12 fully saturated rings. The van der Waals surface area contributed by atoms with Crippen LogP contribution in [0, 0.1) is 5.92 Å². The molecule has 12 aliphatic heterocycles. The Balaban J connectivity index is 0.747. The molecule has 12 rings (SSSR count). The molecule has 30 unspecified atom stereocenters. The molecule has 27 heteroatoms. The van der Waals surface area contributed by atoms with E-state index in [1.807, 2.05) is 6.92 Å². The van der Waals surface area contributed by atoms with Crippen LogP contribution in [0.25, 0.3) is 0 Å². The van der Waals surface area contributed by atoms with Crippen LogP contribution in [0.2, 0.25) is 0 Å². The minimum Gasteiger partial charge on any atom is -0.394 e. The van der Waals surface area contributed by atoms with Crippen molar-refractivity contribution in [1.29, 1.82) is 0 Å². The molecule has 0 aromatic heterocycles. The summed E-state index contributed by atoms with van der Waals surface area (Å²) in [7, 11) is -9.78. The zero-order valence-corrected chi connectivity index (χ0v) is 52.0. The van der Waals surface area contributed by atoms with Crippen molar-refractivity contribution in [3.63, 3.8) is 0 Å². The van der Waals surface area contributed by atoms with E-state index in [0.29, 0.717) is 76.2 Å². The second-order valence-corrected chi connectivity index (χ2v) is 30.0. The van der Waals surface area contributed by atoms with Gasteiger partial charge in [-0.2, -0.15) is 16.8 Å². The van der Waals surface area contributed by atoms with E-state index in [2.05, 4.69) is 44.7 Å². The Morgan fingerprint density at radius 2 is 1.28 bits per heavy atom. The highest BCUT2D eigenvalue weighted by molar-refractivity contribution is 7.81. The van der Waals surface area contributed by atoms with Crippen molar-refractivity contribution in [2.75, 3.05) is 13.2 Å². The Bertz CT molecular complexity index is 2820. The number of allylic oxidation sites excluding steroid dienone is 3. The topological polar surface area (TPSA) is 328 Å². The summed E-state index contributed by atoms with van der Waals surface area (Å²) < 4.78 is 165. The third-order valence-corrected chi connectivity index (χ3v) is 22.3. The fourth-order valence-electron chi connectivity index (χ4n) is 16.6. The largest absolute Gasteiger partial charge is 0.397 e. The summed E-state index contributed by atoms with van der Waals surface area (Å²) in [6.45, 7) is 22.6. The lowest BCUT2D eigenvalue weighted by atomic mass is 9.72. The lowest BCUT2D eigenvalue weighted by Gasteiger charge is -2.61. The molecule has 492 valence electrons. The molecule has 0 bridgehead atoms. The van der Waals surface area contributed by atoms with E-state index in [-0.39, 0.29) is 43.2 Å². The van der Waals surface area contributed by atoms with Gasteiger partial charge in [0.1, 0.15) is 53.9 Å². The number of aliphatic hydroxyl groups is 4. The van der Waals surface area contributed by atoms with Gasteiger partial charge in [0.25, 0.3) is 0 Å². The monoisotopic (exact) mass is 1270 g/mol. The maximum Gasteiger partial charge on any atom is 0.397 e. The molecule has 0 saturated carbocycles. The predicted molar refractivity (Wildman–Crippen MR) is 302 cm³/mol. The molecule has 12 aliphatic rings. The van der Waals surface area contributed by atoms with Crippen LogP contribution >= 0.6 is 0 Å². The van der Waals surface area contributed by atoms with Crippen LogP contribution in [0.5, 0.6) is 0 Å². The predicted octanol–water partition coefficient (Wildman–Crippen LogP) is 3.52. The molecular weight excluding hydrogens is 1180 g/mol. The standard InChI is InChI=1S/C60H90O25S2/c1-10-11-29(2)12-15-56(5,64)53-31(4)20-40-39(78-53)26-48-60(9,83-40)54(81-55-50(63)49(62)44(28-61)79-55)52-43(77-48)24-42-51(80-52)30(3)13-16-58(7)46(76-42)27-45-59(8,85-58)17-14-32-33(75-45)21-35-34(72-32)22-36-37(73-35)23-41-38(74-36)25-47(84-87(68,69)70)57(6,82-41)18-19-71-86(65,66)67/h10,12,15,30,32-55,61-64H,1-2,4,11,13-14,16-28H2,3,5-9H3,(H,65,66,67)(H,68,69,70). The summed E-state index contributed by atoms with van der Waals surface area (Å²) in [5.41, 5.74) is -4.18. The first-order valence-corrected chi connectivity index (χ1v) is 33.8. The van der Waals surface area contributed by atoms with Crippen LogP contribution in [0.3, 0.4) is 0 Å². The van der Waals surface area contributed by atoms with E-state index in [4.69, 9.17) is 65.8 Å². The highest BCUT2D eigenvalue weighted by Crippen LogP contribution is 2.55. The van der Waals surface area contributed by atoms with E-state index < -0.39 is 184 Å². The Morgan fingerprint density at radius 1 is 0.690 bits per heavy atom. The highest BCUT2D eigenvalue weighted by Gasteiger charge is 2.67. The lowest BCUT2D eigenvalue weighted by Crippen LogP contribution is -2.75. The molecule has 30 atom stereocenters.